The Morgan fingerprint density at radius 2 is 1.29 bits per heavy atom. The van der Waals surface area contributed by atoms with Crippen molar-refractivity contribution in [1.82, 2.24) is 0 Å². The Balaban J connectivity index is 0.000000366. The number of carbonyl (C=O) groups excluding carboxylic acids is 2. The Bertz CT molecular complexity index is 423. The van der Waals surface area contributed by atoms with Crippen molar-refractivity contribution < 1.29 is 29.4 Å². The average Bonchev–Trinajstić information content (AvgIpc) is 2.29. The lowest BCUT2D eigenvalue weighted by molar-refractivity contribution is -0.148. The van der Waals surface area contributed by atoms with Crippen LogP contribution in [0.3, 0.4) is 0 Å². The van der Waals surface area contributed by atoms with E-state index in [2.05, 4.69) is 0 Å². The number of carboxylic acids is 2. The van der Waals surface area contributed by atoms with E-state index in [9.17, 15) is 19.2 Å². The van der Waals surface area contributed by atoms with E-state index < -0.39 is 23.5 Å². The number of ketones is 2. The minimum absolute atomic E-state index is 0.208. The van der Waals surface area contributed by atoms with Gasteiger partial charge in [0.25, 0.3) is 5.78 Å². The van der Waals surface area contributed by atoms with Crippen molar-refractivity contribution in [3.8, 4) is 0 Å². The number of Topliss-reactive ketones (excluding diaryl/α,β-unsaturated/α-hetero) is 2. The summed E-state index contributed by atoms with van der Waals surface area (Å²) in [6, 6.07) is 7.90. The van der Waals surface area contributed by atoms with Crippen molar-refractivity contribution in [2.24, 2.45) is 0 Å². The molecule has 1 aromatic rings. The van der Waals surface area contributed by atoms with Crippen molar-refractivity contribution in [2.75, 3.05) is 0 Å². The summed E-state index contributed by atoms with van der Waals surface area (Å²) in [7, 11) is 0. The topological polar surface area (TPSA) is 109 Å². The smallest absolute Gasteiger partial charge is 0.377 e. The first-order valence-electron chi connectivity index (χ1n) is 4.42. The zero-order valence-corrected chi connectivity index (χ0v) is 8.91. The minimum atomic E-state index is -1.42. The van der Waals surface area contributed by atoms with E-state index in [-0.39, 0.29) is 5.56 Å². The molecule has 0 aliphatic carbocycles. The molecule has 0 aromatic heterocycles. The lowest BCUT2D eigenvalue weighted by Crippen LogP contribution is -2.12. The minimum Gasteiger partial charge on any atom is -0.476 e. The summed E-state index contributed by atoms with van der Waals surface area (Å²) in [6.45, 7) is 1.00. The van der Waals surface area contributed by atoms with Crippen molar-refractivity contribution in [1.29, 1.82) is 0 Å². The standard InChI is InChI=1S/C8H6O3.C3H4O3/c9-7(8(10)11)6-4-2-1-3-5-6;1-2(4)3(5)6/h1-5H,(H,10,11);1H3,(H,5,6). The fourth-order valence-corrected chi connectivity index (χ4v) is 0.713. The van der Waals surface area contributed by atoms with E-state index in [1.807, 2.05) is 0 Å². The Kier molecular flexibility index (Phi) is 5.87. The molecule has 17 heavy (non-hydrogen) atoms. The number of aliphatic carboxylic acids is 2. The molecule has 0 amide bonds. The molecule has 90 valence electrons. The molecule has 0 heterocycles. The van der Waals surface area contributed by atoms with Crippen LogP contribution < -0.4 is 0 Å². The first-order valence-corrected chi connectivity index (χ1v) is 4.42. The number of hydrogen-bond acceptors (Lipinski definition) is 4. The Hall–Kier alpha value is -2.50. The van der Waals surface area contributed by atoms with Gasteiger partial charge in [0.05, 0.1) is 0 Å². The Labute approximate surface area is 96.5 Å². The summed E-state index contributed by atoms with van der Waals surface area (Å²) in [6.07, 6.45) is 0. The molecule has 1 rings (SSSR count). The predicted octanol–water partition coefficient (Wildman–Crippen LogP) is 0.614. The van der Waals surface area contributed by atoms with Crippen molar-refractivity contribution in [2.45, 2.75) is 6.92 Å². The van der Waals surface area contributed by atoms with Gasteiger partial charge in [0.1, 0.15) is 0 Å². The molecule has 0 aliphatic heterocycles. The van der Waals surface area contributed by atoms with Gasteiger partial charge in [-0.2, -0.15) is 0 Å². The lowest BCUT2D eigenvalue weighted by atomic mass is 10.1. The second-order valence-electron chi connectivity index (χ2n) is 2.86. The quantitative estimate of drug-likeness (QED) is 0.590. The van der Waals surface area contributed by atoms with Crippen LogP contribution in [-0.2, 0) is 14.4 Å². The van der Waals surface area contributed by atoms with Crippen LogP contribution in [0.4, 0.5) is 0 Å². The molecular weight excluding hydrogens is 228 g/mol. The fraction of sp³-hybridized carbons (Fsp3) is 0.0909. The van der Waals surface area contributed by atoms with Gasteiger partial charge >= 0.3 is 11.9 Å². The third-order valence-corrected chi connectivity index (χ3v) is 1.53. The van der Waals surface area contributed by atoms with Crippen LogP contribution in [0.15, 0.2) is 30.3 Å². The van der Waals surface area contributed by atoms with Gasteiger partial charge in [-0.1, -0.05) is 30.3 Å². The number of carboxylic acid groups (broad SMARTS) is 2. The highest BCUT2D eigenvalue weighted by Gasteiger charge is 2.12. The third kappa shape index (κ3) is 5.83. The molecule has 0 saturated carbocycles. The van der Waals surface area contributed by atoms with Gasteiger partial charge in [-0.3, -0.25) is 9.59 Å². The number of rotatable bonds is 3. The van der Waals surface area contributed by atoms with E-state index in [1.54, 1.807) is 18.2 Å². The van der Waals surface area contributed by atoms with E-state index >= 15 is 0 Å². The van der Waals surface area contributed by atoms with E-state index in [1.165, 1.54) is 12.1 Å². The first-order chi connectivity index (χ1) is 7.86. The number of hydrogen-bond donors (Lipinski definition) is 2. The fourth-order valence-electron chi connectivity index (χ4n) is 0.713. The van der Waals surface area contributed by atoms with E-state index in [0.29, 0.717) is 0 Å². The highest BCUT2D eigenvalue weighted by atomic mass is 16.4. The molecule has 0 fully saturated rings. The van der Waals surface area contributed by atoms with Crippen LogP contribution in [0, 0.1) is 0 Å². The number of benzene rings is 1. The maximum atomic E-state index is 10.7. The molecule has 0 spiro atoms. The van der Waals surface area contributed by atoms with Gasteiger partial charge in [0, 0.05) is 12.5 Å². The van der Waals surface area contributed by atoms with Gasteiger partial charge in [0.15, 0.2) is 0 Å². The Morgan fingerprint density at radius 1 is 0.882 bits per heavy atom. The second-order valence-corrected chi connectivity index (χ2v) is 2.86. The summed E-state index contributed by atoms with van der Waals surface area (Å²) in [4.78, 5) is 39.8. The molecule has 6 nitrogen and oxygen atoms in total. The molecular formula is C11H10O6. The van der Waals surface area contributed by atoms with Gasteiger partial charge in [-0.15, -0.1) is 0 Å². The number of carbonyl (C=O) groups is 4. The van der Waals surface area contributed by atoms with Gasteiger partial charge in [-0.05, 0) is 0 Å². The molecule has 0 unspecified atom stereocenters. The largest absolute Gasteiger partial charge is 0.476 e. The van der Waals surface area contributed by atoms with Gasteiger partial charge < -0.3 is 10.2 Å². The highest BCUT2D eigenvalue weighted by Crippen LogP contribution is 1.98. The summed E-state index contributed by atoms with van der Waals surface area (Å²) in [5, 5.41) is 15.9. The average molecular weight is 238 g/mol. The summed E-state index contributed by atoms with van der Waals surface area (Å²) < 4.78 is 0. The summed E-state index contributed by atoms with van der Waals surface area (Å²) in [5.41, 5.74) is 0.208. The molecule has 0 aliphatic rings. The Morgan fingerprint density at radius 3 is 1.59 bits per heavy atom. The normalized spacial score (nSPS) is 8.53. The molecule has 0 saturated heterocycles. The summed E-state index contributed by atoms with van der Waals surface area (Å²) >= 11 is 0. The van der Waals surface area contributed by atoms with Crippen molar-refractivity contribution in [3.63, 3.8) is 0 Å². The zero-order valence-electron chi connectivity index (χ0n) is 8.91. The maximum Gasteiger partial charge on any atom is 0.377 e. The summed E-state index contributed by atoms with van der Waals surface area (Å²) in [5.74, 6) is -4.49. The zero-order chi connectivity index (χ0) is 13.4. The van der Waals surface area contributed by atoms with Crippen LogP contribution in [0.2, 0.25) is 0 Å². The van der Waals surface area contributed by atoms with Crippen LogP contribution in [0.5, 0.6) is 0 Å². The highest BCUT2D eigenvalue weighted by molar-refractivity contribution is 6.39. The van der Waals surface area contributed by atoms with Crippen LogP contribution in [-0.4, -0.2) is 33.7 Å². The van der Waals surface area contributed by atoms with Crippen LogP contribution in [0.1, 0.15) is 17.3 Å². The SMILES string of the molecule is CC(=O)C(=O)O.O=C(O)C(=O)c1ccccc1. The van der Waals surface area contributed by atoms with Crippen molar-refractivity contribution in [3.05, 3.63) is 35.9 Å². The van der Waals surface area contributed by atoms with Crippen molar-refractivity contribution >= 4 is 23.5 Å². The molecule has 6 heteroatoms. The van der Waals surface area contributed by atoms with Gasteiger partial charge in [-0.25, -0.2) is 9.59 Å². The van der Waals surface area contributed by atoms with E-state index in [0.717, 1.165) is 6.92 Å². The third-order valence-electron chi connectivity index (χ3n) is 1.53. The van der Waals surface area contributed by atoms with E-state index in [4.69, 9.17) is 10.2 Å². The van der Waals surface area contributed by atoms with Crippen LogP contribution >= 0.6 is 0 Å². The predicted molar refractivity (Wildman–Crippen MR) is 56.7 cm³/mol. The molecule has 2 N–H and O–H groups in total. The molecule has 1 aromatic carbocycles. The molecule has 0 radical (unpaired) electrons. The second kappa shape index (κ2) is 6.89. The van der Waals surface area contributed by atoms with Crippen LogP contribution in [0.25, 0.3) is 0 Å². The monoisotopic (exact) mass is 238 g/mol. The molecule has 0 atom stereocenters. The lowest BCUT2D eigenvalue weighted by Gasteiger charge is -1.91. The maximum absolute atomic E-state index is 10.7. The van der Waals surface area contributed by atoms with Gasteiger partial charge in [0.2, 0.25) is 5.78 Å². The molecule has 0 bridgehead atoms. The first kappa shape index (κ1) is 14.5.